The lowest BCUT2D eigenvalue weighted by molar-refractivity contribution is 0.414. The Morgan fingerprint density at radius 2 is 2.38 bits per heavy atom. The molecule has 0 aromatic rings. The van der Waals surface area contributed by atoms with Crippen molar-refractivity contribution in [3.05, 3.63) is 9.81 Å². The molecule has 0 aliphatic carbocycles. The molecule has 5 heteroatoms. The van der Waals surface area contributed by atoms with Crippen molar-refractivity contribution < 1.29 is 4.28 Å². The molecule has 13 heavy (non-hydrogen) atoms. The minimum absolute atomic E-state index is 0.123. The van der Waals surface area contributed by atoms with E-state index in [4.69, 9.17) is 4.28 Å². The molecular formula is C8H11NOS3. The van der Waals surface area contributed by atoms with Crippen LogP contribution in [0.4, 0.5) is 0 Å². The van der Waals surface area contributed by atoms with Crippen molar-refractivity contribution in [3.63, 3.8) is 0 Å². The number of allylic oxidation sites excluding steroid dienone is 1. The number of oxime groups is 1. The van der Waals surface area contributed by atoms with Gasteiger partial charge in [0.1, 0.15) is 0 Å². The zero-order chi connectivity index (χ0) is 9.42. The summed E-state index contributed by atoms with van der Waals surface area (Å²) >= 11 is 1.82. The maximum absolute atomic E-state index is 5.34. The van der Waals surface area contributed by atoms with Crippen LogP contribution in [0.3, 0.4) is 0 Å². The van der Waals surface area contributed by atoms with Crippen LogP contribution in [0.1, 0.15) is 20.3 Å². The van der Waals surface area contributed by atoms with E-state index in [0.29, 0.717) is 0 Å². The molecule has 2 aliphatic rings. The average molecular weight is 233 g/mol. The lowest BCUT2D eigenvalue weighted by atomic mass is 10.1. The smallest absolute Gasteiger partial charge is 0.0991 e. The summed E-state index contributed by atoms with van der Waals surface area (Å²) in [5.74, 6) is 0. The second kappa shape index (κ2) is 3.71. The van der Waals surface area contributed by atoms with Crippen LogP contribution >= 0.6 is 32.4 Å². The summed E-state index contributed by atoms with van der Waals surface area (Å²) in [7, 11) is 1.69. The second-order valence-corrected chi connectivity index (χ2v) is 6.81. The fourth-order valence-electron chi connectivity index (χ4n) is 1.34. The van der Waals surface area contributed by atoms with Gasteiger partial charge in [0.05, 0.1) is 24.6 Å². The van der Waals surface area contributed by atoms with E-state index in [1.807, 2.05) is 29.5 Å². The molecule has 0 aromatic heterocycles. The van der Waals surface area contributed by atoms with Crippen LogP contribution in [-0.2, 0) is 4.28 Å². The predicted octanol–water partition coefficient (Wildman–Crippen LogP) is 3.40. The molecule has 0 saturated carbocycles. The Morgan fingerprint density at radius 1 is 1.62 bits per heavy atom. The fraction of sp³-hybridized carbons (Fsp3) is 0.500. The third-order valence-electron chi connectivity index (χ3n) is 1.95. The third kappa shape index (κ3) is 1.47. The van der Waals surface area contributed by atoms with E-state index in [2.05, 4.69) is 18.3 Å². The topological polar surface area (TPSA) is 21.6 Å². The molecule has 0 bridgehead atoms. The monoisotopic (exact) mass is 233 g/mol. The summed E-state index contributed by atoms with van der Waals surface area (Å²) in [5, 5.41) is 4.02. The zero-order valence-electron chi connectivity index (χ0n) is 7.79. The summed E-state index contributed by atoms with van der Waals surface area (Å²) in [6.45, 7) is 4.22. The Kier molecular flexibility index (Phi) is 2.76. The molecule has 1 atom stereocenters. The van der Waals surface area contributed by atoms with Gasteiger partial charge in [-0.25, -0.2) is 0 Å². The molecule has 1 unspecified atom stereocenters. The average Bonchev–Trinajstić information content (AvgIpc) is 2.65. The van der Waals surface area contributed by atoms with Crippen molar-refractivity contribution in [2.45, 2.75) is 20.3 Å². The Morgan fingerprint density at radius 3 is 3.00 bits per heavy atom. The molecule has 2 heterocycles. The lowest BCUT2D eigenvalue weighted by Crippen LogP contribution is -2.07. The quantitative estimate of drug-likeness (QED) is 0.539. The van der Waals surface area contributed by atoms with E-state index in [0.717, 1.165) is 12.1 Å². The molecule has 0 spiro atoms. The van der Waals surface area contributed by atoms with Crippen molar-refractivity contribution in [1.82, 2.24) is 0 Å². The first-order valence-electron chi connectivity index (χ1n) is 4.07. The normalized spacial score (nSPS) is 26.2. The van der Waals surface area contributed by atoms with E-state index in [9.17, 15) is 0 Å². The molecular weight excluding hydrogens is 222 g/mol. The molecule has 0 amide bonds. The van der Waals surface area contributed by atoms with Gasteiger partial charge < -0.3 is 4.28 Å². The van der Waals surface area contributed by atoms with Crippen LogP contribution in [-0.4, -0.2) is 16.8 Å². The highest BCUT2D eigenvalue weighted by Crippen LogP contribution is 2.54. The van der Waals surface area contributed by atoms with Gasteiger partial charge in [-0.1, -0.05) is 12.1 Å². The van der Waals surface area contributed by atoms with Crippen LogP contribution < -0.4 is 0 Å². The van der Waals surface area contributed by atoms with Crippen LogP contribution in [0.15, 0.2) is 15.0 Å². The molecule has 72 valence electrons. The van der Waals surface area contributed by atoms with E-state index >= 15 is 0 Å². The van der Waals surface area contributed by atoms with E-state index in [-0.39, 0.29) is 9.80 Å². The van der Waals surface area contributed by atoms with Crippen molar-refractivity contribution in [2.75, 3.05) is 6.26 Å². The SMILES string of the molecule is CCC1=C(SC)SS2=C1C(C)=NO2. The van der Waals surface area contributed by atoms with E-state index in [1.165, 1.54) is 14.7 Å². The van der Waals surface area contributed by atoms with Gasteiger partial charge in [0.2, 0.25) is 0 Å². The van der Waals surface area contributed by atoms with Gasteiger partial charge in [-0.3, -0.25) is 0 Å². The number of hydrogen-bond donors (Lipinski definition) is 0. The van der Waals surface area contributed by atoms with Crippen molar-refractivity contribution >= 4 is 42.9 Å². The molecule has 0 radical (unpaired) electrons. The molecule has 2 aliphatic heterocycles. The number of hydrogen-bond acceptors (Lipinski definition) is 4. The maximum atomic E-state index is 5.34. The van der Waals surface area contributed by atoms with Crippen LogP contribution in [0, 0.1) is 0 Å². The van der Waals surface area contributed by atoms with Gasteiger partial charge in [0.15, 0.2) is 0 Å². The molecule has 0 saturated heterocycles. The van der Waals surface area contributed by atoms with Gasteiger partial charge >= 0.3 is 0 Å². The first kappa shape index (κ1) is 9.68. The highest BCUT2D eigenvalue weighted by atomic mass is 33.1. The number of nitrogens with zero attached hydrogens (tertiary/aromatic N) is 1. The van der Waals surface area contributed by atoms with Gasteiger partial charge in [0, 0.05) is 0 Å². The predicted molar refractivity (Wildman–Crippen MR) is 65.2 cm³/mol. The van der Waals surface area contributed by atoms with Crippen molar-refractivity contribution in [3.8, 4) is 0 Å². The summed E-state index contributed by atoms with van der Waals surface area (Å²) in [4.78, 5) is 1.34. The second-order valence-electron chi connectivity index (χ2n) is 2.72. The first-order valence-corrected chi connectivity index (χ1v) is 7.78. The highest BCUT2D eigenvalue weighted by molar-refractivity contribution is 8.86. The molecule has 0 fully saturated rings. The summed E-state index contributed by atoms with van der Waals surface area (Å²) in [5.41, 5.74) is 2.51. The number of rotatable bonds is 2. The van der Waals surface area contributed by atoms with Crippen molar-refractivity contribution in [1.29, 1.82) is 0 Å². The van der Waals surface area contributed by atoms with Gasteiger partial charge in [-0.2, -0.15) is 0 Å². The minimum atomic E-state index is -0.123. The fourth-order valence-corrected chi connectivity index (χ4v) is 6.79. The standard InChI is InChI=1S/C8H11NOS3/c1-4-6-7-5(2)9-10-13(7)12-8(6)11-3/h4H2,1-3H3. The summed E-state index contributed by atoms with van der Waals surface area (Å²) in [6, 6.07) is 0. The largest absolute Gasteiger partial charge is 0.319 e. The third-order valence-corrected chi connectivity index (χ3v) is 6.90. The van der Waals surface area contributed by atoms with E-state index in [1.54, 1.807) is 0 Å². The van der Waals surface area contributed by atoms with Crippen molar-refractivity contribution in [2.24, 2.45) is 5.16 Å². The molecule has 0 N–H and O–H groups in total. The van der Waals surface area contributed by atoms with Gasteiger partial charge in [-0.15, -0.1) is 11.8 Å². The van der Waals surface area contributed by atoms with Crippen LogP contribution in [0.2, 0.25) is 0 Å². The van der Waals surface area contributed by atoms with E-state index < -0.39 is 0 Å². The van der Waals surface area contributed by atoms with Gasteiger partial charge in [0.25, 0.3) is 0 Å². The number of thioether (sulfide) groups is 1. The zero-order valence-corrected chi connectivity index (χ0v) is 10.2. The maximum Gasteiger partial charge on any atom is 0.0991 e. The molecule has 2 nitrogen and oxygen atoms in total. The summed E-state index contributed by atoms with van der Waals surface area (Å²) in [6.07, 6.45) is 3.20. The van der Waals surface area contributed by atoms with Crippen LogP contribution in [0.25, 0.3) is 0 Å². The Labute approximate surface area is 88.7 Å². The van der Waals surface area contributed by atoms with Crippen LogP contribution in [0.5, 0.6) is 0 Å². The first-order chi connectivity index (χ1) is 6.27. The Balaban J connectivity index is 2.39. The molecule has 0 aromatic carbocycles. The Hall–Kier alpha value is 0.130. The molecule has 2 rings (SSSR count). The minimum Gasteiger partial charge on any atom is -0.319 e. The Bertz CT molecular complexity index is 343. The lowest BCUT2D eigenvalue weighted by Gasteiger charge is -2.02. The highest BCUT2D eigenvalue weighted by Gasteiger charge is 2.30. The van der Waals surface area contributed by atoms with Gasteiger partial charge in [-0.05, 0) is 36.0 Å². The summed E-state index contributed by atoms with van der Waals surface area (Å²) < 4.78 is 6.75.